The molecule has 0 fully saturated rings. The van der Waals surface area contributed by atoms with Gasteiger partial charge in [0.2, 0.25) is 5.91 Å². The van der Waals surface area contributed by atoms with Crippen molar-refractivity contribution in [3.8, 4) is 5.75 Å². The van der Waals surface area contributed by atoms with Gasteiger partial charge in [0, 0.05) is 18.5 Å². The molecule has 0 aliphatic rings. The molecule has 0 aliphatic heterocycles. The van der Waals surface area contributed by atoms with Crippen molar-refractivity contribution < 1.29 is 9.53 Å². The van der Waals surface area contributed by atoms with Crippen molar-refractivity contribution in [3.05, 3.63) is 24.3 Å². The Kier molecular flexibility index (Phi) is 5.72. The second kappa shape index (κ2) is 7.12. The average molecular weight is 242 g/mol. The van der Waals surface area contributed by atoms with E-state index >= 15 is 0 Å². The lowest BCUT2D eigenvalue weighted by molar-refractivity contribution is -0.114. The number of hydrogen-bond acceptors (Lipinski definition) is 2. The largest absolute Gasteiger partial charge is 0.494 e. The second-order valence-corrected chi connectivity index (χ2v) is 3.83. The van der Waals surface area contributed by atoms with Crippen molar-refractivity contribution >= 4 is 23.2 Å². The minimum absolute atomic E-state index is 0.0734. The SMILES string of the molecule is CC(=O)Nc1ccc(OCCCCCl)cc1. The fraction of sp³-hybridized carbons (Fsp3) is 0.417. The van der Waals surface area contributed by atoms with Crippen molar-refractivity contribution in [3.63, 3.8) is 0 Å². The minimum atomic E-state index is -0.0734. The van der Waals surface area contributed by atoms with Gasteiger partial charge in [0.1, 0.15) is 5.75 Å². The number of hydrogen-bond donors (Lipinski definition) is 1. The molecule has 0 saturated carbocycles. The molecular weight excluding hydrogens is 226 g/mol. The van der Waals surface area contributed by atoms with Crippen LogP contribution < -0.4 is 10.1 Å². The lowest BCUT2D eigenvalue weighted by Gasteiger charge is -2.06. The van der Waals surface area contributed by atoms with E-state index in [0.717, 1.165) is 24.3 Å². The highest BCUT2D eigenvalue weighted by molar-refractivity contribution is 6.17. The topological polar surface area (TPSA) is 38.3 Å². The van der Waals surface area contributed by atoms with Crippen molar-refractivity contribution in [2.45, 2.75) is 19.8 Å². The van der Waals surface area contributed by atoms with Crippen LogP contribution in [0.25, 0.3) is 0 Å². The third-order valence-corrected chi connectivity index (χ3v) is 2.24. The van der Waals surface area contributed by atoms with E-state index in [0.29, 0.717) is 12.5 Å². The molecule has 1 amide bonds. The number of carbonyl (C=O) groups is 1. The van der Waals surface area contributed by atoms with E-state index in [4.69, 9.17) is 16.3 Å². The van der Waals surface area contributed by atoms with Crippen LogP contribution in [0.1, 0.15) is 19.8 Å². The summed E-state index contributed by atoms with van der Waals surface area (Å²) in [6, 6.07) is 7.31. The second-order valence-electron chi connectivity index (χ2n) is 3.45. The summed E-state index contributed by atoms with van der Waals surface area (Å²) in [5.41, 5.74) is 0.778. The maximum atomic E-state index is 10.8. The Morgan fingerprint density at radius 3 is 2.56 bits per heavy atom. The van der Waals surface area contributed by atoms with E-state index in [1.807, 2.05) is 24.3 Å². The van der Waals surface area contributed by atoms with Crippen LogP contribution in [-0.4, -0.2) is 18.4 Å². The molecule has 0 bridgehead atoms. The first-order valence-corrected chi connectivity index (χ1v) is 5.82. The van der Waals surface area contributed by atoms with Crippen LogP contribution in [0.4, 0.5) is 5.69 Å². The Morgan fingerprint density at radius 1 is 1.31 bits per heavy atom. The molecule has 0 spiro atoms. The predicted octanol–water partition coefficient (Wildman–Crippen LogP) is 3.04. The zero-order chi connectivity index (χ0) is 11.8. The van der Waals surface area contributed by atoms with E-state index in [1.165, 1.54) is 6.92 Å². The van der Waals surface area contributed by atoms with Crippen molar-refractivity contribution in [2.75, 3.05) is 17.8 Å². The number of halogens is 1. The summed E-state index contributed by atoms with van der Waals surface area (Å²) in [5, 5.41) is 2.70. The first-order valence-electron chi connectivity index (χ1n) is 5.29. The number of nitrogens with one attached hydrogen (secondary N) is 1. The molecule has 1 rings (SSSR count). The van der Waals surface area contributed by atoms with Crippen LogP contribution >= 0.6 is 11.6 Å². The Labute approximate surface area is 101 Å². The lowest BCUT2D eigenvalue weighted by Crippen LogP contribution is -2.05. The molecule has 0 radical (unpaired) electrons. The van der Waals surface area contributed by atoms with Crippen LogP contribution in [0, 0.1) is 0 Å². The highest BCUT2D eigenvalue weighted by Crippen LogP contribution is 2.15. The molecule has 1 aromatic rings. The third kappa shape index (κ3) is 5.03. The Hall–Kier alpha value is -1.22. The number of carbonyl (C=O) groups excluding carboxylic acids is 1. The Balaban J connectivity index is 2.36. The maximum absolute atomic E-state index is 10.8. The summed E-state index contributed by atoms with van der Waals surface area (Å²) < 4.78 is 5.50. The van der Waals surface area contributed by atoms with Gasteiger partial charge in [0.05, 0.1) is 6.61 Å². The molecule has 16 heavy (non-hydrogen) atoms. The maximum Gasteiger partial charge on any atom is 0.221 e. The number of anilines is 1. The van der Waals surface area contributed by atoms with Crippen molar-refractivity contribution in [1.29, 1.82) is 0 Å². The normalized spacial score (nSPS) is 9.88. The van der Waals surface area contributed by atoms with Gasteiger partial charge in [-0.25, -0.2) is 0 Å². The zero-order valence-electron chi connectivity index (χ0n) is 9.33. The van der Waals surface area contributed by atoms with Crippen LogP contribution in [-0.2, 0) is 4.79 Å². The molecule has 0 heterocycles. The van der Waals surface area contributed by atoms with Gasteiger partial charge in [-0.3, -0.25) is 4.79 Å². The van der Waals surface area contributed by atoms with Crippen molar-refractivity contribution in [2.24, 2.45) is 0 Å². The standard InChI is InChI=1S/C12H16ClNO2/c1-10(15)14-11-4-6-12(7-5-11)16-9-3-2-8-13/h4-7H,2-3,8-9H2,1H3,(H,14,15). The number of rotatable bonds is 6. The minimum Gasteiger partial charge on any atom is -0.494 e. The highest BCUT2D eigenvalue weighted by atomic mass is 35.5. The van der Waals surface area contributed by atoms with Gasteiger partial charge in [0.15, 0.2) is 0 Å². The quantitative estimate of drug-likeness (QED) is 0.614. The van der Waals surface area contributed by atoms with Gasteiger partial charge >= 0.3 is 0 Å². The summed E-state index contributed by atoms with van der Waals surface area (Å²) in [6.45, 7) is 2.16. The van der Waals surface area contributed by atoms with Crippen LogP contribution in [0.5, 0.6) is 5.75 Å². The molecule has 0 unspecified atom stereocenters. The van der Waals surface area contributed by atoms with Gasteiger partial charge in [-0.15, -0.1) is 11.6 Å². The molecule has 1 aromatic carbocycles. The monoisotopic (exact) mass is 241 g/mol. The molecule has 88 valence electrons. The van der Waals surface area contributed by atoms with Crippen LogP contribution in [0.3, 0.4) is 0 Å². The highest BCUT2D eigenvalue weighted by Gasteiger charge is 1.97. The molecule has 0 aliphatic carbocycles. The molecule has 0 atom stereocenters. The first kappa shape index (κ1) is 12.8. The molecule has 0 saturated heterocycles. The molecule has 0 aromatic heterocycles. The van der Waals surface area contributed by atoms with Crippen molar-refractivity contribution in [1.82, 2.24) is 0 Å². The van der Waals surface area contributed by atoms with E-state index in [9.17, 15) is 4.79 Å². The van der Waals surface area contributed by atoms with E-state index < -0.39 is 0 Å². The lowest BCUT2D eigenvalue weighted by atomic mass is 10.3. The fourth-order valence-corrected chi connectivity index (χ4v) is 1.41. The van der Waals surface area contributed by atoms with E-state index in [1.54, 1.807) is 0 Å². The van der Waals surface area contributed by atoms with Gasteiger partial charge in [-0.05, 0) is 37.1 Å². The summed E-state index contributed by atoms with van der Waals surface area (Å²) in [6.07, 6.45) is 1.92. The summed E-state index contributed by atoms with van der Waals surface area (Å²) in [5.74, 6) is 1.41. The number of ether oxygens (including phenoxy) is 1. The summed E-state index contributed by atoms with van der Waals surface area (Å²) >= 11 is 5.56. The Bertz CT molecular complexity index is 324. The van der Waals surface area contributed by atoms with Crippen LogP contribution in [0.2, 0.25) is 0 Å². The fourth-order valence-electron chi connectivity index (χ4n) is 1.22. The Morgan fingerprint density at radius 2 is 2.00 bits per heavy atom. The summed E-state index contributed by atoms with van der Waals surface area (Å²) in [7, 11) is 0. The van der Waals surface area contributed by atoms with Gasteiger partial charge in [0.25, 0.3) is 0 Å². The smallest absolute Gasteiger partial charge is 0.221 e. The molecular formula is C12H16ClNO2. The first-order chi connectivity index (χ1) is 7.72. The molecule has 4 heteroatoms. The van der Waals surface area contributed by atoms with E-state index in [-0.39, 0.29) is 5.91 Å². The third-order valence-electron chi connectivity index (χ3n) is 1.97. The number of benzene rings is 1. The summed E-state index contributed by atoms with van der Waals surface area (Å²) in [4.78, 5) is 10.8. The van der Waals surface area contributed by atoms with Gasteiger partial charge in [-0.2, -0.15) is 0 Å². The zero-order valence-corrected chi connectivity index (χ0v) is 10.1. The average Bonchev–Trinajstić information content (AvgIpc) is 2.26. The number of alkyl halides is 1. The van der Waals surface area contributed by atoms with Crippen LogP contribution in [0.15, 0.2) is 24.3 Å². The van der Waals surface area contributed by atoms with E-state index in [2.05, 4.69) is 5.32 Å². The predicted molar refractivity (Wildman–Crippen MR) is 66.2 cm³/mol. The number of amides is 1. The molecule has 1 N–H and O–H groups in total. The number of unbranched alkanes of at least 4 members (excludes halogenated alkanes) is 1. The van der Waals surface area contributed by atoms with Gasteiger partial charge < -0.3 is 10.1 Å². The molecule has 3 nitrogen and oxygen atoms in total. The van der Waals surface area contributed by atoms with Gasteiger partial charge in [-0.1, -0.05) is 0 Å².